The lowest BCUT2D eigenvalue weighted by Crippen LogP contribution is -2.30. The van der Waals surface area contributed by atoms with Crippen LogP contribution in [0.1, 0.15) is 27.5 Å². The van der Waals surface area contributed by atoms with E-state index in [0.717, 1.165) is 5.56 Å². The molecule has 0 aliphatic carbocycles. The average Bonchev–Trinajstić information content (AvgIpc) is 3.32. The Balaban J connectivity index is 1.52. The van der Waals surface area contributed by atoms with Crippen molar-refractivity contribution in [1.82, 2.24) is 19.9 Å². The van der Waals surface area contributed by atoms with Crippen LogP contribution in [0.2, 0.25) is 5.02 Å². The van der Waals surface area contributed by atoms with E-state index >= 15 is 0 Å². The number of aryl methyl sites for hydroxylation is 1. The van der Waals surface area contributed by atoms with Crippen molar-refractivity contribution in [3.8, 4) is 5.82 Å². The topological polar surface area (TPSA) is 92.1 Å². The van der Waals surface area contributed by atoms with Gasteiger partial charge in [-0.25, -0.2) is 13.8 Å². The minimum Gasteiger partial charge on any atom is -0.394 e. The molecular formula is C24H20ClF2N5O2. The van der Waals surface area contributed by atoms with Crippen LogP contribution in [0.5, 0.6) is 0 Å². The summed E-state index contributed by atoms with van der Waals surface area (Å²) in [5.41, 5.74) is 2.20. The summed E-state index contributed by atoms with van der Waals surface area (Å²) in [6.45, 7) is 1.44. The van der Waals surface area contributed by atoms with Crippen molar-refractivity contribution in [3.63, 3.8) is 0 Å². The molecule has 0 fully saturated rings. The monoisotopic (exact) mass is 483 g/mol. The number of nitrogens with one attached hydrogen (secondary N) is 2. The number of aliphatic hydroxyl groups is 1. The second kappa shape index (κ2) is 9.98. The molecule has 0 saturated heterocycles. The summed E-state index contributed by atoms with van der Waals surface area (Å²) >= 11 is 5.82. The lowest BCUT2D eigenvalue weighted by Gasteiger charge is -2.17. The van der Waals surface area contributed by atoms with Crippen molar-refractivity contribution < 1.29 is 18.7 Å². The van der Waals surface area contributed by atoms with Crippen LogP contribution in [-0.4, -0.2) is 32.2 Å². The summed E-state index contributed by atoms with van der Waals surface area (Å²) < 4.78 is 28.2. The molecule has 3 N–H and O–H groups in total. The van der Waals surface area contributed by atoms with Crippen molar-refractivity contribution in [3.05, 3.63) is 100 Å². The van der Waals surface area contributed by atoms with Crippen molar-refractivity contribution >= 4 is 29.1 Å². The minimum absolute atomic E-state index is 0.0966. The molecule has 4 aromatic rings. The summed E-state index contributed by atoms with van der Waals surface area (Å²) in [5, 5.41) is 15.4. The molecule has 10 heteroatoms. The van der Waals surface area contributed by atoms with Crippen LogP contribution >= 0.6 is 11.6 Å². The van der Waals surface area contributed by atoms with Crippen LogP contribution in [0.4, 0.5) is 20.4 Å². The van der Waals surface area contributed by atoms with Crippen LogP contribution < -0.4 is 10.6 Å². The van der Waals surface area contributed by atoms with E-state index in [1.807, 2.05) is 6.92 Å². The van der Waals surface area contributed by atoms with E-state index in [-0.39, 0.29) is 10.8 Å². The summed E-state index contributed by atoms with van der Waals surface area (Å²) in [4.78, 5) is 21.5. The van der Waals surface area contributed by atoms with Gasteiger partial charge >= 0.3 is 0 Å². The fourth-order valence-corrected chi connectivity index (χ4v) is 3.47. The van der Waals surface area contributed by atoms with Crippen molar-refractivity contribution in [1.29, 1.82) is 0 Å². The van der Waals surface area contributed by atoms with Crippen molar-refractivity contribution in [2.75, 3.05) is 11.9 Å². The molecule has 2 aromatic carbocycles. The van der Waals surface area contributed by atoms with E-state index in [1.165, 1.54) is 30.3 Å². The van der Waals surface area contributed by atoms with Crippen LogP contribution in [0.15, 0.2) is 67.1 Å². The molecule has 0 bridgehead atoms. The number of rotatable bonds is 7. The SMILES string of the molecule is Cc1cnc(Nc2ccc(F)cc2)nc1-n1ccc(C(=O)NC(CO)c2ccc(F)c(Cl)c2)c1. The smallest absolute Gasteiger partial charge is 0.253 e. The van der Waals surface area contributed by atoms with Gasteiger partial charge in [0.05, 0.1) is 23.2 Å². The lowest BCUT2D eigenvalue weighted by atomic mass is 10.1. The maximum atomic E-state index is 13.4. The highest BCUT2D eigenvalue weighted by Gasteiger charge is 2.18. The quantitative estimate of drug-likeness (QED) is 0.354. The van der Waals surface area contributed by atoms with Gasteiger partial charge in [0.15, 0.2) is 0 Å². The number of aromatic nitrogens is 3. The third kappa shape index (κ3) is 5.22. The molecule has 2 heterocycles. The minimum atomic E-state index is -0.763. The van der Waals surface area contributed by atoms with Gasteiger partial charge in [-0.2, -0.15) is 4.98 Å². The molecular weight excluding hydrogens is 464 g/mol. The normalized spacial score (nSPS) is 11.8. The van der Waals surface area contributed by atoms with Crippen LogP contribution in [0.25, 0.3) is 5.82 Å². The molecule has 7 nitrogen and oxygen atoms in total. The Morgan fingerprint density at radius 2 is 1.94 bits per heavy atom. The summed E-state index contributed by atoms with van der Waals surface area (Å²) in [7, 11) is 0. The number of carbonyl (C=O) groups is 1. The standard InChI is InChI=1S/C24H20ClF2N5O2/c1-14-11-28-24(29-18-5-3-17(26)4-6-18)31-22(14)32-9-8-16(12-32)23(34)30-21(13-33)15-2-7-20(27)19(25)10-15/h2-12,21,33H,13H2,1H3,(H,30,34)(H,28,29,31). The number of carbonyl (C=O) groups excluding carboxylic acids is 1. The molecule has 0 spiro atoms. The van der Waals surface area contributed by atoms with E-state index in [9.17, 15) is 18.7 Å². The second-order valence-corrected chi connectivity index (χ2v) is 7.93. The van der Waals surface area contributed by atoms with E-state index in [4.69, 9.17) is 11.6 Å². The Bertz CT molecular complexity index is 1330. The average molecular weight is 484 g/mol. The Morgan fingerprint density at radius 3 is 2.65 bits per heavy atom. The number of nitrogens with zero attached hydrogens (tertiary/aromatic N) is 3. The summed E-state index contributed by atoms with van der Waals surface area (Å²) in [6.07, 6.45) is 4.90. The Kier molecular flexibility index (Phi) is 6.85. The summed E-state index contributed by atoms with van der Waals surface area (Å²) in [5.74, 6) is -0.517. The molecule has 174 valence electrons. The lowest BCUT2D eigenvalue weighted by molar-refractivity contribution is 0.0916. The number of halogens is 3. The van der Waals surface area contributed by atoms with Crippen LogP contribution in [-0.2, 0) is 0 Å². The van der Waals surface area contributed by atoms with E-state index in [0.29, 0.717) is 28.6 Å². The van der Waals surface area contributed by atoms with Gasteiger partial charge in [-0.1, -0.05) is 17.7 Å². The fourth-order valence-electron chi connectivity index (χ4n) is 3.28. The maximum absolute atomic E-state index is 13.4. The number of anilines is 2. The Morgan fingerprint density at radius 1 is 1.18 bits per heavy atom. The largest absolute Gasteiger partial charge is 0.394 e. The second-order valence-electron chi connectivity index (χ2n) is 7.52. The molecule has 1 unspecified atom stereocenters. The van der Waals surface area contributed by atoms with E-state index < -0.39 is 24.4 Å². The molecule has 34 heavy (non-hydrogen) atoms. The highest BCUT2D eigenvalue weighted by atomic mass is 35.5. The van der Waals surface area contributed by atoms with Crippen molar-refractivity contribution in [2.24, 2.45) is 0 Å². The van der Waals surface area contributed by atoms with Crippen LogP contribution in [0, 0.1) is 18.6 Å². The van der Waals surface area contributed by atoms with Gasteiger partial charge in [0.2, 0.25) is 5.95 Å². The first-order valence-corrected chi connectivity index (χ1v) is 10.6. The van der Waals surface area contributed by atoms with Gasteiger partial charge in [-0.15, -0.1) is 0 Å². The first-order valence-electron chi connectivity index (χ1n) is 10.3. The molecule has 2 aromatic heterocycles. The molecule has 1 atom stereocenters. The number of amides is 1. The number of hydrogen-bond acceptors (Lipinski definition) is 5. The van der Waals surface area contributed by atoms with Gasteiger partial charge in [-0.05, 0) is 55.0 Å². The van der Waals surface area contributed by atoms with Crippen LogP contribution in [0.3, 0.4) is 0 Å². The van der Waals surface area contributed by atoms with Gasteiger partial charge < -0.3 is 20.3 Å². The zero-order valence-electron chi connectivity index (χ0n) is 18.0. The molecule has 0 radical (unpaired) electrons. The zero-order chi connectivity index (χ0) is 24.2. The third-order valence-electron chi connectivity index (χ3n) is 5.08. The van der Waals surface area contributed by atoms with Gasteiger partial charge in [0.1, 0.15) is 17.5 Å². The molecule has 4 rings (SSSR count). The Hall–Kier alpha value is -3.82. The van der Waals surface area contributed by atoms with E-state index in [1.54, 1.807) is 41.4 Å². The molecule has 1 amide bonds. The van der Waals surface area contributed by atoms with Gasteiger partial charge in [0.25, 0.3) is 5.91 Å². The Labute approximate surface area is 199 Å². The predicted molar refractivity (Wildman–Crippen MR) is 124 cm³/mol. The molecule has 0 aliphatic rings. The third-order valence-corrected chi connectivity index (χ3v) is 5.37. The zero-order valence-corrected chi connectivity index (χ0v) is 18.7. The summed E-state index contributed by atoms with van der Waals surface area (Å²) in [6, 6.07) is 10.6. The number of aliphatic hydroxyl groups excluding tert-OH is 1. The fraction of sp³-hybridized carbons (Fsp3) is 0.125. The number of benzene rings is 2. The van der Waals surface area contributed by atoms with Gasteiger partial charge in [0, 0.05) is 29.8 Å². The highest BCUT2D eigenvalue weighted by molar-refractivity contribution is 6.30. The maximum Gasteiger partial charge on any atom is 0.253 e. The number of hydrogen-bond donors (Lipinski definition) is 3. The molecule has 0 aliphatic heterocycles. The predicted octanol–water partition coefficient (Wildman–Crippen LogP) is 4.71. The van der Waals surface area contributed by atoms with E-state index in [2.05, 4.69) is 20.6 Å². The van der Waals surface area contributed by atoms with Gasteiger partial charge in [-0.3, -0.25) is 4.79 Å². The first-order chi connectivity index (χ1) is 16.3. The highest BCUT2D eigenvalue weighted by Crippen LogP contribution is 2.22. The molecule has 0 saturated carbocycles. The van der Waals surface area contributed by atoms with Crippen molar-refractivity contribution in [2.45, 2.75) is 13.0 Å². The first kappa shape index (κ1) is 23.3.